The Morgan fingerprint density at radius 3 is 2.84 bits per heavy atom. The van der Waals surface area contributed by atoms with Crippen LogP contribution < -0.4 is 21.1 Å². The van der Waals surface area contributed by atoms with Gasteiger partial charge in [0, 0.05) is 18.1 Å². The zero-order valence-electron chi connectivity index (χ0n) is 9.74. The molecule has 8 heteroatoms. The molecule has 7 nitrogen and oxygen atoms in total. The molecule has 1 aliphatic heterocycles. The highest BCUT2D eigenvalue weighted by molar-refractivity contribution is 7.92. The van der Waals surface area contributed by atoms with E-state index in [1.807, 2.05) is 0 Å². The van der Waals surface area contributed by atoms with E-state index in [1.54, 1.807) is 24.3 Å². The van der Waals surface area contributed by atoms with Gasteiger partial charge in [-0.3, -0.25) is 4.98 Å². The third kappa shape index (κ3) is 1.86. The number of hydrogen-bond acceptors (Lipinski definition) is 6. The molecule has 2 heterocycles. The maximum absolute atomic E-state index is 12.4. The molecule has 1 aromatic heterocycles. The van der Waals surface area contributed by atoms with Crippen molar-refractivity contribution in [1.82, 2.24) is 10.5 Å². The first kappa shape index (κ1) is 11.8. The summed E-state index contributed by atoms with van der Waals surface area (Å²) in [7, 11) is -3.71. The van der Waals surface area contributed by atoms with Crippen molar-refractivity contribution in [2.45, 2.75) is 4.90 Å². The van der Waals surface area contributed by atoms with Gasteiger partial charge < -0.3 is 11.2 Å². The van der Waals surface area contributed by atoms with Crippen LogP contribution >= 0.6 is 0 Å². The molecule has 0 bridgehead atoms. The summed E-state index contributed by atoms with van der Waals surface area (Å²) in [4.78, 5) is 3.92. The molecule has 1 aromatic carbocycles. The number of sulfonamides is 1. The van der Waals surface area contributed by atoms with E-state index in [-0.39, 0.29) is 4.90 Å². The molecular formula is C11H11N5O2S. The predicted molar refractivity (Wildman–Crippen MR) is 71.5 cm³/mol. The number of hydrazine groups is 2. The van der Waals surface area contributed by atoms with Gasteiger partial charge in [-0.15, -0.1) is 5.53 Å². The van der Waals surface area contributed by atoms with Crippen LogP contribution in [0.15, 0.2) is 47.6 Å². The number of anilines is 3. The summed E-state index contributed by atoms with van der Waals surface area (Å²) >= 11 is 0. The first-order valence-electron chi connectivity index (χ1n) is 5.45. The molecule has 0 amide bonds. The quantitative estimate of drug-likeness (QED) is 0.699. The first-order valence-corrected chi connectivity index (χ1v) is 6.89. The molecule has 0 atom stereocenters. The van der Waals surface area contributed by atoms with Crippen LogP contribution in [0.1, 0.15) is 0 Å². The summed E-state index contributed by atoms with van der Waals surface area (Å²) in [6.07, 6.45) is 2.82. The number of nitrogens with two attached hydrogens (primary N) is 1. The fraction of sp³-hybridized carbons (Fsp3) is 0. The molecule has 19 heavy (non-hydrogen) atoms. The van der Waals surface area contributed by atoms with E-state index in [1.165, 1.54) is 18.5 Å². The Hall–Kier alpha value is -2.32. The third-order valence-corrected chi connectivity index (χ3v) is 4.31. The van der Waals surface area contributed by atoms with Crippen LogP contribution in [-0.4, -0.2) is 13.4 Å². The van der Waals surface area contributed by atoms with E-state index in [0.29, 0.717) is 17.1 Å². The minimum atomic E-state index is -3.71. The average Bonchev–Trinajstić information content (AvgIpc) is 2.83. The maximum atomic E-state index is 12.4. The van der Waals surface area contributed by atoms with Crippen molar-refractivity contribution in [3.63, 3.8) is 0 Å². The summed E-state index contributed by atoms with van der Waals surface area (Å²) in [5, 5.41) is 0. The van der Waals surface area contributed by atoms with Gasteiger partial charge in [0.15, 0.2) is 0 Å². The fourth-order valence-electron chi connectivity index (χ4n) is 1.80. The lowest BCUT2D eigenvalue weighted by Crippen LogP contribution is -2.41. The lowest BCUT2D eigenvalue weighted by molar-refractivity contribution is 0.586. The summed E-state index contributed by atoms with van der Waals surface area (Å²) in [5.41, 5.74) is 12.7. The number of nitrogen functional groups attached to an aromatic ring is 1. The fourth-order valence-corrected chi connectivity index (χ4v) is 3.04. The Bertz CT molecular complexity index is 717. The standard InChI is InChI=1S/C11H11N5O2S/c12-8-3-4-11-10(6-8)14-15-16(11)19(17,18)9-2-1-5-13-7-9/h1-7,14-15H,12H2. The van der Waals surface area contributed by atoms with Gasteiger partial charge in [-0.1, -0.05) is 0 Å². The van der Waals surface area contributed by atoms with Gasteiger partial charge in [0.05, 0.1) is 11.4 Å². The topological polar surface area (TPSA) is 100 Å². The molecule has 2 aromatic rings. The van der Waals surface area contributed by atoms with Crippen LogP contribution in [0.2, 0.25) is 0 Å². The number of nitrogens with one attached hydrogen (secondary N) is 2. The molecule has 0 radical (unpaired) electrons. The van der Waals surface area contributed by atoms with Gasteiger partial charge in [0.2, 0.25) is 0 Å². The SMILES string of the molecule is Nc1ccc2c(c1)NNN2S(=O)(=O)c1cccnc1. The van der Waals surface area contributed by atoms with E-state index < -0.39 is 10.0 Å². The van der Waals surface area contributed by atoms with E-state index in [9.17, 15) is 8.42 Å². The largest absolute Gasteiger partial charge is 0.399 e. The molecule has 98 valence electrons. The van der Waals surface area contributed by atoms with Crippen LogP contribution in [-0.2, 0) is 10.0 Å². The monoisotopic (exact) mass is 277 g/mol. The zero-order valence-corrected chi connectivity index (χ0v) is 10.6. The number of hydrogen-bond donors (Lipinski definition) is 3. The molecule has 0 unspecified atom stereocenters. The number of aromatic nitrogens is 1. The second-order valence-corrected chi connectivity index (χ2v) is 5.76. The van der Waals surface area contributed by atoms with Crippen LogP contribution in [0.5, 0.6) is 0 Å². The van der Waals surface area contributed by atoms with Gasteiger partial charge in [-0.05, 0) is 30.3 Å². The third-order valence-electron chi connectivity index (χ3n) is 2.70. The molecule has 3 rings (SSSR count). The lowest BCUT2D eigenvalue weighted by Gasteiger charge is -2.17. The van der Waals surface area contributed by atoms with Crippen LogP contribution in [0.4, 0.5) is 17.1 Å². The molecule has 0 saturated carbocycles. The molecule has 0 aliphatic carbocycles. The molecule has 4 N–H and O–H groups in total. The lowest BCUT2D eigenvalue weighted by atomic mass is 10.2. The molecular weight excluding hydrogens is 266 g/mol. The van der Waals surface area contributed by atoms with E-state index in [4.69, 9.17) is 5.73 Å². The highest BCUT2D eigenvalue weighted by atomic mass is 32.2. The van der Waals surface area contributed by atoms with E-state index in [2.05, 4.69) is 15.9 Å². The summed E-state index contributed by atoms with van der Waals surface area (Å²) < 4.78 is 25.9. The highest BCUT2D eigenvalue weighted by Gasteiger charge is 2.31. The van der Waals surface area contributed by atoms with Crippen LogP contribution in [0.25, 0.3) is 0 Å². The smallest absolute Gasteiger partial charge is 0.280 e. The number of nitrogens with zero attached hydrogens (tertiary/aromatic N) is 2. The summed E-state index contributed by atoms with van der Waals surface area (Å²) in [6.45, 7) is 0. The second-order valence-electron chi connectivity index (χ2n) is 3.97. The van der Waals surface area contributed by atoms with Crippen molar-refractivity contribution in [3.05, 3.63) is 42.7 Å². The van der Waals surface area contributed by atoms with Gasteiger partial charge in [-0.2, -0.15) is 12.8 Å². The van der Waals surface area contributed by atoms with Crippen molar-refractivity contribution in [2.75, 3.05) is 15.6 Å². The first-order chi connectivity index (χ1) is 9.09. The zero-order chi connectivity index (χ0) is 13.5. The number of rotatable bonds is 2. The molecule has 0 spiro atoms. The number of fused-ring (bicyclic) bond motifs is 1. The van der Waals surface area contributed by atoms with Crippen molar-refractivity contribution >= 4 is 27.1 Å². The minimum absolute atomic E-state index is 0.106. The van der Waals surface area contributed by atoms with Gasteiger partial charge in [0.1, 0.15) is 4.90 Å². The Balaban J connectivity index is 2.07. The second kappa shape index (κ2) is 4.11. The molecule has 1 aliphatic rings. The Morgan fingerprint density at radius 2 is 2.11 bits per heavy atom. The summed E-state index contributed by atoms with van der Waals surface area (Å²) in [6, 6.07) is 7.98. The van der Waals surface area contributed by atoms with E-state index >= 15 is 0 Å². The van der Waals surface area contributed by atoms with Gasteiger partial charge >= 0.3 is 0 Å². The van der Waals surface area contributed by atoms with Crippen molar-refractivity contribution in [1.29, 1.82) is 0 Å². The number of pyridine rings is 1. The van der Waals surface area contributed by atoms with Gasteiger partial charge in [-0.25, -0.2) is 0 Å². The highest BCUT2D eigenvalue weighted by Crippen LogP contribution is 2.34. The van der Waals surface area contributed by atoms with Crippen LogP contribution in [0.3, 0.4) is 0 Å². The molecule has 0 fully saturated rings. The van der Waals surface area contributed by atoms with Crippen molar-refractivity contribution in [2.24, 2.45) is 0 Å². The maximum Gasteiger partial charge on any atom is 0.280 e. The average molecular weight is 277 g/mol. The Labute approximate surface area is 110 Å². The van der Waals surface area contributed by atoms with Gasteiger partial charge in [0.25, 0.3) is 10.0 Å². The van der Waals surface area contributed by atoms with Crippen molar-refractivity contribution < 1.29 is 8.42 Å². The van der Waals surface area contributed by atoms with Crippen molar-refractivity contribution in [3.8, 4) is 0 Å². The van der Waals surface area contributed by atoms with Crippen LogP contribution in [0, 0.1) is 0 Å². The predicted octanol–water partition coefficient (Wildman–Crippen LogP) is 0.704. The summed E-state index contributed by atoms with van der Waals surface area (Å²) in [5.74, 6) is 0. The molecule has 0 saturated heterocycles. The van der Waals surface area contributed by atoms with E-state index in [0.717, 1.165) is 4.41 Å². The number of benzene rings is 1. The Kier molecular flexibility index (Phi) is 2.54. The Morgan fingerprint density at radius 1 is 1.26 bits per heavy atom. The normalized spacial score (nSPS) is 14.0. The minimum Gasteiger partial charge on any atom is -0.399 e.